The number of aromatic hydroxyl groups is 1. The monoisotopic (exact) mass is 190 g/mol. The Kier molecular flexibility index (Phi) is 2.15. The molecule has 0 aliphatic rings. The molecular formula is C11H10OS. The van der Waals surface area contributed by atoms with Gasteiger partial charge in [0.25, 0.3) is 0 Å². The van der Waals surface area contributed by atoms with Crippen molar-refractivity contribution in [2.75, 3.05) is 6.26 Å². The molecular weight excluding hydrogens is 180 g/mol. The first-order chi connectivity index (χ1) is 6.33. The minimum Gasteiger partial charge on any atom is -0.507 e. The highest BCUT2D eigenvalue weighted by Gasteiger charge is 2.03. The second kappa shape index (κ2) is 3.30. The van der Waals surface area contributed by atoms with E-state index in [1.807, 2.05) is 30.5 Å². The molecule has 0 spiro atoms. The van der Waals surface area contributed by atoms with Crippen LogP contribution in [0.25, 0.3) is 10.8 Å². The van der Waals surface area contributed by atoms with E-state index >= 15 is 0 Å². The van der Waals surface area contributed by atoms with E-state index in [1.54, 1.807) is 17.8 Å². The van der Waals surface area contributed by atoms with Crippen LogP contribution in [0.3, 0.4) is 0 Å². The van der Waals surface area contributed by atoms with Crippen molar-refractivity contribution in [2.24, 2.45) is 0 Å². The summed E-state index contributed by atoms with van der Waals surface area (Å²) in [6.45, 7) is 0. The summed E-state index contributed by atoms with van der Waals surface area (Å²) in [6.07, 6.45) is 1.97. The molecule has 0 aliphatic heterocycles. The normalized spacial score (nSPS) is 10.5. The van der Waals surface area contributed by atoms with E-state index in [-0.39, 0.29) is 0 Å². The molecule has 1 nitrogen and oxygen atoms in total. The number of hydrogen-bond acceptors (Lipinski definition) is 2. The van der Waals surface area contributed by atoms with Crippen LogP contribution in [0.15, 0.2) is 41.3 Å². The number of benzene rings is 2. The first-order valence-electron chi connectivity index (χ1n) is 4.07. The van der Waals surface area contributed by atoms with Crippen molar-refractivity contribution in [3.8, 4) is 5.75 Å². The summed E-state index contributed by atoms with van der Waals surface area (Å²) < 4.78 is 0. The molecule has 2 heteroatoms. The molecule has 0 fully saturated rings. The lowest BCUT2D eigenvalue weighted by molar-refractivity contribution is 0.464. The van der Waals surface area contributed by atoms with Gasteiger partial charge in [0.05, 0.1) is 4.90 Å². The zero-order valence-corrected chi connectivity index (χ0v) is 8.14. The van der Waals surface area contributed by atoms with Crippen LogP contribution in [0.1, 0.15) is 0 Å². The van der Waals surface area contributed by atoms with Crippen molar-refractivity contribution in [1.82, 2.24) is 0 Å². The lowest BCUT2D eigenvalue weighted by atomic mass is 10.1. The fourth-order valence-corrected chi connectivity index (χ4v) is 2.13. The van der Waals surface area contributed by atoms with Crippen molar-refractivity contribution >= 4 is 22.5 Å². The van der Waals surface area contributed by atoms with Crippen LogP contribution < -0.4 is 0 Å². The predicted octanol–water partition coefficient (Wildman–Crippen LogP) is 3.27. The highest BCUT2D eigenvalue weighted by atomic mass is 32.2. The van der Waals surface area contributed by atoms with Crippen molar-refractivity contribution in [3.05, 3.63) is 36.4 Å². The van der Waals surface area contributed by atoms with E-state index in [2.05, 4.69) is 6.07 Å². The molecule has 0 aromatic heterocycles. The second-order valence-electron chi connectivity index (χ2n) is 2.84. The smallest absolute Gasteiger partial charge is 0.129 e. The molecule has 0 heterocycles. The van der Waals surface area contributed by atoms with Gasteiger partial charge in [0, 0.05) is 0 Å². The maximum Gasteiger partial charge on any atom is 0.129 e. The molecule has 66 valence electrons. The maximum absolute atomic E-state index is 9.59. The van der Waals surface area contributed by atoms with E-state index in [0.717, 1.165) is 10.3 Å². The van der Waals surface area contributed by atoms with E-state index in [1.165, 1.54) is 5.39 Å². The molecule has 2 aromatic rings. The first-order valence-corrected chi connectivity index (χ1v) is 5.30. The predicted molar refractivity (Wildman–Crippen MR) is 57.4 cm³/mol. The van der Waals surface area contributed by atoms with Gasteiger partial charge in [-0.1, -0.05) is 30.3 Å². The standard InChI is InChI=1S/C11H10OS/c1-13-11-9-5-3-2-4-8(9)6-7-10(11)12/h2-7,12H,1H3. The molecule has 1 N–H and O–H groups in total. The largest absolute Gasteiger partial charge is 0.507 e. The third-order valence-corrected chi connectivity index (χ3v) is 2.90. The van der Waals surface area contributed by atoms with Gasteiger partial charge in [-0.05, 0) is 23.1 Å². The summed E-state index contributed by atoms with van der Waals surface area (Å²) in [5.41, 5.74) is 0. The van der Waals surface area contributed by atoms with Crippen LogP contribution in [0, 0.1) is 0 Å². The summed E-state index contributed by atoms with van der Waals surface area (Å²) in [5.74, 6) is 0.367. The van der Waals surface area contributed by atoms with Gasteiger partial charge in [-0.25, -0.2) is 0 Å². The molecule has 0 amide bonds. The molecule has 0 bridgehead atoms. The number of phenols is 1. The minimum atomic E-state index is 0.367. The van der Waals surface area contributed by atoms with Gasteiger partial charge >= 0.3 is 0 Å². The molecule has 2 aromatic carbocycles. The average molecular weight is 190 g/mol. The summed E-state index contributed by atoms with van der Waals surface area (Å²) in [4.78, 5) is 0.957. The fourth-order valence-electron chi connectivity index (χ4n) is 1.45. The van der Waals surface area contributed by atoms with Crippen molar-refractivity contribution in [2.45, 2.75) is 4.90 Å². The summed E-state index contributed by atoms with van der Waals surface area (Å²) in [5, 5.41) is 11.9. The van der Waals surface area contributed by atoms with Crippen LogP contribution in [0.4, 0.5) is 0 Å². The van der Waals surface area contributed by atoms with Crippen LogP contribution >= 0.6 is 11.8 Å². The van der Waals surface area contributed by atoms with Gasteiger partial charge in [-0.3, -0.25) is 0 Å². The highest BCUT2D eigenvalue weighted by Crippen LogP contribution is 2.33. The highest BCUT2D eigenvalue weighted by molar-refractivity contribution is 7.99. The third kappa shape index (κ3) is 1.38. The Balaban J connectivity index is 2.84. The van der Waals surface area contributed by atoms with E-state index in [9.17, 15) is 5.11 Å². The van der Waals surface area contributed by atoms with Gasteiger partial charge in [0.1, 0.15) is 5.75 Å². The molecule has 2 rings (SSSR count). The Morgan fingerprint density at radius 1 is 1.08 bits per heavy atom. The van der Waals surface area contributed by atoms with Gasteiger partial charge in [-0.15, -0.1) is 11.8 Å². The van der Waals surface area contributed by atoms with E-state index < -0.39 is 0 Å². The van der Waals surface area contributed by atoms with E-state index in [4.69, 9.17) is 0 Å². The van der Waals surface area contributed by atoms with Crippen LogP contribution in [-0.4, -0.2) is 11.4 Å². The van der Waals surface area contributed by atoms with Crippen LogP contribution in [-0.2, 0) is 0 Å². The Hall–Kier alpha value is -1.15. The zero-order valence-electron chi connectivity index (χ0n) is 7.32. The van der Waals surface area contributed by atoms with Crippen molar-refractivity contribution in [1.29, 1.82) is 0 Å². The lowest BCUT2D eigenvalue weighted by Crippen LogP contribution is -1.77. The van der Waals surface area contributed by atoms with Gasteiger partial charge in [0.2, 0.25) is 0 Å². The molecule has 0 atom stereocenters. The van der Waals surface area contributed by atoms with Gasteiger partial charge in [-0.2, -0.15) is 0 Å². The van der Waals surface area contributed by atoms with Gasteiger partial charge in [0.15, 0.2) is 0 Å². The molecule has 13 heavy (non-hydrogen) atoms. The maximum atomic E-state index is 9.59. The fraction of sp³-hybridized carbons (Fsp3) is 0.0909. The number of hydrogen-bond donors (Lipinski definition) is 1. The zero-order chi connectivity index (χ0) is 9.26. The topological polar surface area (TPSA) is 20.2 Å². The number of fused-ring (bicyclic) bond motifs is 1. The summed E-state index contributed by atoms with van der Waals surface area (Å²) >= 11 is 1.57. The SMILES string of the molecule is CSc1c(O)ccc2ccccc12. The number of rotatable bonds is 1. The first kappa shape index (κ1) is 8.45. The quantitative estimate of drug-likeness (QED) is 0.696. The Bertz CT molecular complexity index is 437. The van der Waals surface area contributed by atoms with Crippen LogP contribution in [0.2, 0.25) is 0 Å². The molecule has 0 unspecified atom stereocenters. The molecule has 0 saturated carbocycles. The van der Waals surface area contributed by atoms with Crippen molar-refractivity contribution in [3.63, 3.8) is 0 Å². The summed E-state index contributed by atoms with van der Waals surface area (Å²) in [6, 6.07) is 11.7. The lowest BCUT2D eigenvalue weighted by Gasteiger charge is -2.05. The Morgan fingerprint density at radius 3 is 2.62 bits per heavy atom. The number of phenolic OH excluding ortho intramolecular Hbond substituents is 1. The third-order valence-electron chi connectivity index (χ3n) is 2.06. The second-order valence-corrected chi connectivity index (χ2v) is 3.66. The molecule has 0 radical (unpaired) electrons. The van der Waals surface area contributed by atoms with Gasteiger partial charge < -0.3 is 5.11 Å². The minimum absolute atomic E-state index is 0.367. The Labute approximate surface area is 81.4 Å². The summed E-state index contributed by atoms with van der Waals surface area (Å²) in [7, 11) is 0. The van der Waals surface area contributed by atoms with Crippen molar-refractivity contribution < 1.29 is 5.11 Å². The van der Waals surface area contributed by atoms with Crippen LogP contribution in [0.5, 0.6) is 5.75 Å². The molecule has 0 saturated heterocycles. The van der Waals surface area contributed by atoms with E-state index in [0.29, 0.717) is 5.75 Å². The molecule has 0 aliphatic carbocycles. The average Bonchev–Trinajstić information content (AvgIpc) is 2.18. The Morgan fingerprint density at radius 2 is 1.85 bits per heavy atom. The number of thioether (sulfide) groups is 1.